The van der Waals surface area contributed by atoms with Crippen LogP contribution in [0.25, 0.3) is 16.9 Å². The molecule has 7 nitrogen and oxygen atoms in total. The van der Waals surface area contributed by atoms with E-state index in [0.717, 1.165) is 24.3 Å². The molecule has 1 N–H and O–H groups in total. The van der Waals surface area contributed by atoms with Gasteiger partial charge in [-0.05, 0) is 38.1 Å². The van der Waals surface area contributed by atoms with Crippen molar-refractivity contribution >= 4 is 28.7 Å². The van der Waals surface area contributed by atoms with Gasteiger partial charge in [0, 0.05) is 6.20 Å². The number of rotatable bonds is 4. The van der Waals surface area contributed by atoms with E-state index in [-0.39, 0.29) is 33.8 Å². The van der Waals surface area contributed by atoms with Gasteiger partial charge in [-0.25, -0.2) is 9.97 Å². The van der Waals surface area contributed by atoms with Crippen molar-refractivity contribution in [2.45, 2.75) is 32.2 Å². The van der Waals surface area contributed by atoms with E-state index >= 15 is 0 Å². The fourth-order valence-corrected chi connectivity index (χ4v) is 3.28. The van der Waals surface area contributed by atoms with E-state index in [1.165, 1.54) is 4.68 Å². The Labute approximate surface area is 186 Å². The van der Waals surface area contributed by atoms with E-state index in [4.69, 9.17) is 16.0 Å². The minimum Gasteiger partial charge on any atom is -0.422 e. The summed E-state index contributed by atoms with van der Waals surface area (Å²) >= 11 is 5.91. The number of anilines is 1. The summed E-state index contributed by atoms with van der Waals surface area (Å²) in [6.07, 6.45) is -8.47. The molecule has 0 spiro atoms. The summed E-state index contributed by atoms with van der Waals surface area (Å²) in [5.74, 6) is 0.655. The molecule has 1 aromatic carbocycles. The molecule has 0 saturated carbocycles. The molecule has 1 atom stereocenters. The van der Waals surface area contributed by atoms with Crippen LogP contribution < -0.4 is 5.32 Å². The van der Waals surface area contributed by atoms with Crippen LogP contribution in [0.3, 0.4) is 0 Å². The molecule has 3 heterocycles. The molecule has 33 heavy (non-hydrogen) atoms. The number of pyridine rings is 1. The molecule has 0 aliphatic rings. The maximum atomic E-state index is 13.0. The molecule has 3 aromatic heterocycles. The Hall–Kier alpha value is -3.35. The number of hydrogen-bond donors (Lipinski definition) is 1. The van der Waals surface area contributed by atoms with Gasteiger partial charge in [-0.1, -0.05) is 11.6 Å². The first kappa shape index (κ1) is 22.8. The summed E-state index contributed by atoms with van der Waals surface area (Å²) in [5, 5.41) is 6.74. The van der Waals surface area contributed by atoms with Crippen LogP contribution >= 0.6 is 11.6 Å². The van der Waals surface area contributed by atoms with Gasteiger partial charge in [0.1, 0.15) is 11.3 Å². The Morgan fingerprint density at radius 3 is 2.33 bits per heavy atom. The fourth-order valence-electron chi connectivity index (χ4n) is 3.03. The average molecular weight is 491 g/mol. The molecule has 0 amide bonds. The maximum absolute atomic E-state index is 13.0. The lowest BCUT2D eigenvalue weighted by molar-refractivity contribution is -0.138. The molecule has 0 aliphatic carbocycles. The van der Waals surface area contributed by atoms with Crippen LogP contribution in [0.1, 0.15) is 35.7 Å². The number of oxazole rings is 1. The van der Waals surface area contributed by atoms with Gasteiger partial charge in [0.25, 0.3) is 6.01 Å². The number of hydrogen-bond acceptors (Lipinski definition) is 6. The highest BCUT2D eigenvalue weighted by Crippen LogP contribution is 2.36. The van der Waals surface area contributed by atoms with Crippen molar-refractivity contribution in [3.63, 3.8) is 0 Å². The summed E-state index contributed by atoms with van der Waals surface area (Å²) in [5.41, 5.74) is -2.04. The minimum absolute atomic E-state index is 0.0404. The Kier molecular flexibility index (Phi) is 5.47. The van der Waals surface area contributed by atoms with Crippen molar-refractivity contribution in [2.24, 2.45) is 0 Å². The van der Waals surface area contributed by atoms with Gasteiger partial charge in [-0.2, -0.15) is 36.0 Å². The van der Waals surface area contributed by atoms with E-state index in [1.54, 1.807) is 13.8 Å². The summed E-state index contributed by atoms with van der Waals surface area (Å²) in [6.45, 7) is 3.20. The van der Waals surface area contributed by atoms with Crippen molar-refractivity contribution in [1.29, 1.82) is 0 Å². The van der Waals surface area contributed by atoms with Crippen LogP contribution in [-0.2, 0) is 12.4 Å². The van der Waals surface area contributed by atoms with Crippen LogP contribution in [0, 0.1) is 6.92 Å². The van der Waals surface area contributed by atoms with Crippen LogP contribution in [0.5, 0.6) is 0 Å². The van der Waals surface area contributed by atoms with Gasteiger partial charge in [0.05, 0.1) is 22.2 Å². The molecule has 174 valence electrons. The molecule has 0 aliphatic heterocycles. The summed E-state index contributed by atoms with van der Waals surface area (Å²) in [6, 6.07) is 2.74. The van der Waals surface area contributed by atoms with Gasteiger partial charge in [-0.15, -0.1) is 5.10 Å². The predicted molar refractivity (Wildman–Crippen MR) is 105 cm³/mol. The Morgan fingerprint density at radius 1 is 1.03 bits per heavy atom. The van der Waals surface area contributed by atoms with Crippen LogP contribution in [0.2, 0.25) is 5.02 Å². The predicted octanol–water partition coefficient (Wildman–Crippen LogP) is 5.98. The monoisotopic (exact) mass is 490 g/mol. The van der Waals surface area contributed by atoms with E-state index in [0.29, 0.717) is 12.0 Å². The number of nitrogens with zero attached hydrogens (tertiary/aromatic N) is 5. The second-order valence-corrected chi connectivity index (χ2v) is 7.43. The topological polar surface area (TPSA) is 81.7 Å². The molecule has 4 rings (SSSR count). The lowest BCUT2D eigenvalue weighted by atomic mass is 10.2. The van der Waals surface area contributed by atoms with Crippen molar-refractivity contribution in [3.8, 4) is 5.82 Å². The second-order valence-electron chi connectivity index (χ2n) is 7.02. The summed E-state index contributed by atoms with van der Waals surface area (Å²) < 4.78 is 84.2. The molecule has 1 unspecified atom stereocenters. The zero-order valence-electron chi connectivity index (χ0n) is 16.8. The smallest absolute Gasteiger partial charge is 0.417 e. The van der Waals surface area contributed by atoms with Gasteiger partial charge < -0.3 is 9.73 Å². The lowest BCUT2D eigenvalue weighted by Gasteiger charge is -2.13. The molecule has 14 heteroatoms. The third kappa shape index (κ3) is 4.58. The molecular weight excluding hydrogens is 478 g/mol. The fraction of sp³-hybridized carbons (Fsp3) is 0.263. The molecular formula is C19H13ClF6N6O. The number of nitrogens with one attached hydrogen (secondary N) is 1. The lowest BCUT2D eigenvalue weighted by Crippen LogP contribution is -2.15. The quantitative estimate of drug-likeness (QED) is 0.355. The van der Waals surface area contributed by atoms with Crippen molar-refractivity contribution < 1.29 is 30.8 Å². The Balaban J connectivity index is 1.64. The molecule has 0 fully saturated rings. The van der Waals surface area contributed by atoms with Crippen LogP contribution in [0.15, 0.2) is 34.9 Å². The normalized spacial score (nSPS) is 13.5. The number of alkyl halides is 6. The molecule has 4 aromatic rings. The zero-order chi connectivity index (χ0) is 24.1. The maximum Gasteiger partial charge on any atom is 0.417 e. The number of fused-ring (bicyclic) bond motifs is 1. The van der Waals surface area contributed by atoms with Crippen molar-refractivity contribution in [1.82, 2.24) is 24.7 Å². The highest BCUT2D eigenvalue weighted by atomic mass is 35.5. The standard InChI is InChI=1S/C19H13ClF6N6O/c1-8(28-17-30-13-6-11(19(24,25)26)5-12(20)15(13)33-17)16-29-9(2)31-32(16)14-4-3-10(7-27-14)18(21,22)23/h3-8H,1-2H3,(H,28,30). The summed E-state index contributed by atoms with van der Waals surface area (Å²) in [4.78, 5) is 12.1. The third-order valence-electron chi connectivity index (χ3n) is 4.53. The van der Waals surface area contributed by atoms with Crippen LogP contribution in [-0.4, -0.2) is 24.7 Å². The zero-order valence-corrected chi connectivity index (χ0v) is 17.5. The summed E-state index contributed by atoms with van der Waals surface area (Å²) in [7, 11) is 0. The van der Waals surface area contributed by atoms with E-state index in [2.05, 4.69) is 25.4 Å². The Bertz CT molecular complexity index is 1310. The molecule has 0 bridgehead atoms. The highest BCUT2D eigenvalue weighted by molar-refractivity contribution is 6.34. The SMILES string of the molecule is Cc1nc(C(C)Nc2nc3cc(C(F)(F)F)cc(Cl)c3o2)n(-c2ccc(C(F)(F)F)cn2)n1. The molecule has 0 saturated heterocycles. The van der Waals surface area contributed by atoms with E-state index in [9.17, 15) is 26.3 Å². The third-order valence-corrected chi connectivity index (χ3v) is 4.81. The number of aryl methyl sites for hydroxylation is 1. The van der Waals surface area contributed by atoms with E-state index < -0.39 is 29.5 Å². The first-order valence-corrected chi connectivity index (χ1v) is 9.61. The van der Waals surface area contributed by atoms with Gasteiger partial charge >= 0.3 is 12.4 Å². The number of benzene rings is 1. The number of aromatic nitrogens is 5. The van der Waals surface area contributed by atoms with Gasteiger partial charge in [0.15, 0.2) is 17.2 Å². The first-order valence-electron chi connectivity index (χ1n) is 9.24. The second kappa shape index (κ2) is 7.90. The largest absolute Gasteiger partial charge is 0.422 e. The van der Waals surface area contributed by atoms with Gasteiger partial charge in [-0.3, -0.25) is 0 Å². The Morgan fingerprint density at radius 2 is 1.73 bits per heavy atom. The minimum atomic E-state index is -4.61. The molecule has 0 radical (unpaired) electrons. The van der Waals surface area contributed by atoms with Crippen molar-refractivity contribution in [3.05, 3.63) is 58.3 Å². The first-order chi connectivity index (χ1) is 15.3. The number of halogens is 7. The van der Waals surface area contributed by atoms with E-state index in [1.807, 2.05) is 0 Å². The highest BCUT2D eigenvalue weighted by Gasteiger charge is 2.33. The van der Waals surface area contributed by atoms with Crippen LogP contribution in [0.4, 0.5) is 32.4 Å². The van der Waals surface area contributed by atoms with Gasteiger partial charge in [0.2, 0.25) is 0 Å². The average Bonchev–Trinajstić information content (AvgIpc) is 3.30. The van der Waals surface area contributed by atoms with Crippen molar-refractivity contribution in [2.75, 3.05) is 5.32 Å².